The van der Waals surface area contributed by atoms with Crippen molar-refractivity contribution in [1.82, 2.24) is 36.8 Å². The molecule has 1 aliphatic heterocycles. The van der Waals surface area contributed by atoms with E-state index in [-0.39, 0.29) is 44.6 Å². The summed E-state index contributed by atoms with van der Waals surface area (Å²) in [6, 6.07) is 19.1. The minimum atomic E-state index is -1.57. The van der Waals surface area contributed by atoms with E-state index in [9.17, 15) is 48.3 Å². The average Bonchev–Trinajstić information content (AvgIpc) is 3.88. The first kappa shape index (κ1) is 60.4. The van der Waals surface area contributed by atoms with Crippen molar-refractivity contribution >= 4 is 53.2 Å². The molecule has 3 aromatic rings. The van der Waals surface area contributed by atoms with E-state index in [4.69, 9.17) is 15.2 Å². The molecule has 408 valence electrons. The molecule has 1 fully saturated rings. The van der Waals surface area contributed by atoms with Crippen LogP contribution in [0.1, 0.15) is 96.8 Å². The SMILES string of the molecule is COC(=O)[C@@H]1CCCN1C(=O)[C@@H](Cc1ccccc1)NC(=O)[C@H](C)NC(=O)[C@H](CC(C)C)NC(=O)C[C@H](O)[C@H](Cc1ccccc1)NC(=O)[C@H](CCC(N)=O)NC(=O)[C@@H](NC(=O)[C@H](C)OCc1ccccc1)C(C)C. The van der Waals surface area contributed by atoms with Crippen LogP contribution in [-0.4, -0.2) is 131 Å². The monoisotopic (exact) mass is 1040 g/mol. The zero-order valence-corrected chi connectivity index (χ0v) is 44.0. The number of benzene rings is 3. The normalized spacial score (nSPS) is 16.5. The lowest BCUT2D eigenvalue weighted by atomic mass is 9.97. The number of aliphatic hydroxyl groups excluding tert-OH is 1. The number of ether oxygens (including phenoxy) is 2. The van der Waals surface area contributed by atoms with Gasteiger partial charge in [0.15, 0.2) is 0 Å². The molecule has 0 radical (unpaired) electrons. The standard InChI is InChI=1S/C55H76N8O12/c1-33(2)28-42(52(70)57-35(5)49(67)61-43(30-38-20-13-9-14-21-38)54(72)63-27-17-24-44(63)55(73)74-7)58-47(66)31-45(64)41(29-37-18-11-8-12-19-37)60-51(69)40(25-26-46(56)65)59-53(71)48(34(3)4)62-50(68)36(6)75-32-39-22-15-10-16-23-39/h8-16,18-23,33-36,40-45,48,64H,17,24-32H2,1-7H3,(H2,56,65)(H,57,70)(H,58,66)(H,59,71)(H,60,69)(H,61,67)(H,62,68)/t35-,36-,40-,41-,42-,43+,44-,45-,48-/m0/s1. The summed E-state index contributed by atoms with van der Waals surface area (Å²) in [5.41, 5.74) is 7.73. The van der Waals surface area contributed by atoms with E-state index in [0.717, 1.165) is 11.1 Å². The minimum Gasteiger partial charge on any atom is -0.467 e. The maximum absolute atomic E-state index is 14.2. The van der Waals surface area contributed by atoms with Gasteiger partial charge in [-0.15, -0.1) is 0 Å². The molecule has 1 aliphatic rings. The van der Waals surface area contributed by atoms with Crippen molar-refractivity contribution in [3.05, 3.63) is 108 Å². The van der Waals surface area contributed by atoms with Gasteiger partial charge >= 0.3 is 5.97 Å². The summed E-state index contributed by atoms with van der Waals surface area (Å²) in [7, 11) is 1.25. The number of nitrogens with one attached hydrogen (secondary N) is 6. The van der Waals surface area contributed by atoms with Crippen molar-refractivity contribution in [3.63, 3.8) is 0 Å². The van der Waals surface area contributed by atoms with E-state index in [2.05, 4.69) is 31.9 Å². The molecule has 75 heavy (non-hydrogen) atoms. The highest BCUT2D eigenvalue weighted by Gasteiger charge is 2.39. The third-order valence-corrected chi connectivity index (χ3v) is 12.8. The first-order valence-corrected chi connectivity index (χ1v) is 25.6. The fourth-order valence-corrected chi connectivity index (χ4v) is 8.55. The number of hydrogen-bond donors (Lipinski definition) is 8. The van der Waals surface area contributed by atoms with Gasteiger partial charge in [-0.2, -0.15) is 0 Å². The van der Waals surface area contributed by atoms with Crippen LogP contribution < -0.4 is 37.6 Å². The van der Waals surface area contributed by atoms with Crippen molar-refractivity contribution in [1.29, 1.82) is 0 Å². The fraction of sp³-hybridized carbons (Fsp3) is 0.509. The van der Waals surface area contributed by atoms with Crippen LogP contribution in [0.2, 0.25) is 0 Å². The first-order valence-electron chi connectivity index (χ1n) is 25.6. The minimum absolute atomic E-state index is 0.0144. The third kappa shape index (κ3) is 19.9. The molecule has 0 spiro atoms. The highest BCUT2D eigenvalue weighted by atomic mass is 16.5. The van der Waals surface area contributed by atoms with E-state index in [1.165, 1.54) is 18.9 Å². The average molecular weight is 1040 g/mol. The van der Waals surface area contributed by atoms with Crippen molar-refractivity contribution in [2.75, 3.05) is 13.7 Å². The van der Waals surface area contributed by atoms with Gasteiger partial charge in [-0.25, -0.2) is 4.79 Å². The fourth-order valence-electron chi connectivity index (χ4n) is 8.55. The van der Waals surface area contributed by atoms with Crippen LogP contribution in [0, 0.1) is 11.8 Å². The predicted octanol–water partition coefficient (Wildman–Crippen LogP) is 1.89. The molecule has 20 heteroatoms. The summed E-state index contributed by atoms with van der Waals surface area (Å²) < 4.78 is 10.7. The van der Waals surface area contributed by atoms with Gasteiger partial charge in [0, 0.05) is 19.4 Å². The van der Waals surface area contributed by atoms with Gasteiger partial charge in [-0.05, 0) is 74.5 Å². The first-order chi connectivity index (χ1) is 35.7. The molecule has 0 bridgehead atoms. The van der Waals surface area contributed by atoms with Crippen LogP contribution in [0.15, 0.2) is 91.0 Å². The quantitative estimate of drug-likeness (QED) is 0.0463. The predicted molar refractivity (Wildman–Crippen MR) is 278 cm³/mol. The molecule has 0 saturated carbocycles. The van der Waals surface area contributed by atoms with Crippen molar-refractivity contribution in [2.24, 2.45) is 17.6 Å². The maximum atomic E-state index is 14.2. The summed E-state index contributed by atoms with van der Waals surface area (Å²) >= 11 is 0. The molecule has 3 aromatic carbocycles. The van der Waals surface area contributed by atoms with Gasteiger partial charge in [0.1, 0.15) is 42.4 Å². The number of esters is 1. The van der Waals surface area contributed by atoms with E-state index >= 15 is 0 Å². The van der Waals surface area contributed by atoms with Gasteiger partial charge in [0.25, 0.3) is 0 Å². The molecule has 1 saturated heterocycles. The molecular weight excluding hydrogens is 965 g/mol. The lowest BCUT2D eigenvalue weighted by molar-refractivity contribution is -0.152. The molecule has 0 aromatic heterocycles. The summed E-state index contributed by atoms with van der Waals surface area (Å²) in [5.74, 6) is -6.64. The Bertz CT molecular complexity index is 2370. The van der Waals surface area contributed by atoms with Crippen LogP contribution in [-0.2, 0) is 72.1 Å². The summed E-state index contributed by atoms with van der Waals surface area (Å²) in [4.78, 5) is 123. The van der Waals surface area contributed by atoms with Crippen LogP contribution in [0.25, 0.3) is 0 Å². The van der Waals surface area contributed by atoms with Gasteiger partial charge in [-0.1, -0.05) is 119 Å². The Morgan fingerprint density at radius 3 is 1.77 bits per heavy atom. The Balaban J connectivity index is 1.46. The van der Waals surface area contributed by atoms with Crippen LogP contribution in [0.4, 0.5) is 0 Å². The maximum Gasteiger partial charge on any atom is 0.328 e. The molecule has 0 unspecified atom stereocenters. The topological polar surface area (TPSA) is 294 Å². The molecule has 20 nitrogen and oxygen atoms in total. The van der Waals surface area contributed by atoms with Crippen molar-refractivity contribution in [3.8, 4) is 0 Å². The van der Waals surface area contributed by atoms with Gasteiger partial charge in [0.05, 0.1) is 32.3 Å². The Morgan fingerprint density at radius 2 is 1.21 bits per heavy atom. The van der Waals surface area contributed by atoms with E-state index in [1.54, 1.807) is 75.4 Å². The Labute approximate surface area is 439 Å². The Morgan fingerprint density at radius 1 is 0.653 bits per heavy atom. The molecule has 1 heterocycles. The molecule has 0 aliphatic carbocycles. The molecule has 9 N–H and O–H groups in total. The highest BCUT2D eigenvalue weighted by Crippen LogP contribution is 2.21. The van der Waals surface area contributed by atoms with E-state index in [0.29, 0.717) is 24.9 Å². The number of amides is 8. The second-order valence-electron chi connectivity index (χ2n) is 19.8. The summed E-state index contributed by atoms with van der Waals surface area (Å²) in [6.07, 6.45) is -2.44. The number of methoxy groups -OCH3 is 1. The number of carbonyl (C=O) groups is 9. The van der Waals surface area contributed by atoms with Crippen LogP contribution in [0.5, 0.6) is 0 Å². The van der Waals surface area contributed by atoms with Gasteiger partial charge in [-0.3, -0.25) is 38.4 Å². The number of rotatable bonds is 29. The highest BCUT2D eigenvalue weighted by molar-refractivity contribution is 5.96. The zero-order valence-electron chi connectivity index (χ0n) is 44.0. The third-order valence-electron chi connectivity index (χ3n) is 12.8. The van der Waals surface area contributed by atoms with Crippen molar-refractivity contribution < 1.29 is 57.7 Å². The zero-order chi connectivity index (χ0) is 55.2. The summed E-state index contributed by atoms with van der Waals surface area (Å²) in [5, 5.41) is 27.9. The Hall–Kier alpha value is -7.19. The van der Waals surface area contributed by atoms with Crippen LogP contribution >= 0.6 is 0 Å². The van der Waals surface area contributed by atoms with Gasteiger partial charge < -0.3 is 57.1 Å². The number of aliphatic hydroxyl groups is 1. The van der Waals surface area contributed by atoms with E-state index < -0.39 is 120 Å². The number of primary amides is 1. The van der Waals surface area contributed by atoms with Crippen molar-refractivity contribution in [2.45, 2.75) is 154 Å². The van der Waals surface area contributed by atoms with Crippen LogP contribution in [0.3, 0.4) is 0 Å². The van der Waals surface area contributed by atoms with Gasteiger partial charge in [0.2, 0.25) is 47.3 Å². The second-order valence-corrected chi connectivity index (χ2v) is 19.8. The summed E-state index contributed by atoms with van der Waals surface area (Å²) in [6.45, 7) is 10.5. The number of hydrogen-bond acceptors (Lipinski definition) is 12. The molecule has 4 rings (SSSR count). The smallest absolute Gasteiger partial charge is 0.328 e. The Kier molecular flexibility index (Phi) is 24.3. The lowest BCUT2D eigenvalue weighted by Gasteiger charge is -2.30. The molecule has 8 amide bonds. The number of carbonyl (C=O) groups excluding carboxylic acids is 9. The number of likely N-dealkylation sites (tertiary alicyclic amines) is 1. The molecular formula is C55H76N8O12. The molecule has 9 atom stereocenters. The largest absolute Gasteiger partial charge is 0.467 e. The second kappa shape index (κ2) is 30.2. The van der Waals surface area contributed by atoms with E-state index in [1.807, 2.05) is 50.2 Å². The lowest BCUT2D eigenvalue weighted by Crippen LogP contribution is -2.59. The number of nitrogens with zero attached hydrogens (tertiary/aromatic N) is 1. The number of nitrogens with two attached hydrogens (primary N) is 1.